The standard InChI is InChI=1S/C16H22FNO2/c1-3-12-9-10-16(11-12,15(19)20-4-2)18-14-8-6-5-7-13(14)17/h5-8,12,18H,3-4,9-11H2,1-2H3. The van der Waals surface area contributed by atoms with Crippen molar-refractivity contribution < 1.29 is 13.9 Å². The van der Waals surface area contributed by atoms with Crippen molar-refractivity contribution in [3.05, 3.63) is 30.1 Å². The quantitative estimate of drug-likeness (QED) is 0.834. The van der Waals surface area contributed by atoms with Gasteiger partial charge in [-0.15, -0.1) is 0 Å². The number of para-hydroxylation sites is 1. The first-order valence-electron chi connectivity index (χ1n) is 7.31. The molecule has 1 aromatic rings. The van der Waals surface area contributed by atoms with Crippen LogP contribution in [0.2, 0.25) is 0 Å². The van der Waals surface area contributed by atoms with E-state index in [0.717, 1.165) is 12.8 Å². The molecule has 0 saturated heterocycles. The van der Waals surface area contributed by atoms with Crippen LogP contribution in [0.15, 0.2) is 24.3 Å². The molecule has 1 aromatic carbocycles. The summed E-state index contributed by atoms with van der Waals surface area (Å²) in [6, 6.07) is 6.46. The van der Waals surface area contributed by atoms with Crippen LogP contribution in [0.5, 0.6) is 0 Å². The molecule has 2 unspecified atom stereocenters. The van der Waals surface area contributed by atoms with E-state index in [0.29, 0.717) is 31.1 Å². The van der Waals surface area contributed by atoms with Crippen LogP contribution in [0.3, 0.4) is 0 Å². The molecular formula is C16H22FNO2. The number of carbonyl (C=O) groups is 1. The molecule has 0 aliphatic heterocycles. The molecule has 4 heteroatoms. The number of rotatable bonds is 5. The third-order valence-corrected chi connectivity index (χ3v) is 4.11. The Hall–Kier alpha value is -1.58. The van der Waals surface area contributed by atoms with Crippen LogP contribution >= 0.6 is 0 Å². The fraction of sp³-hybridized carbons (Fsp3) is 0.562. The maximum absolute atomic E-state index is 13.8. The molecule has 0 heterocycles. The molecule has 1 saturated carbocycles. The number of carbonyl (C=O) groups excluding carboxylic acids is 1. The van der Waals surface area contributed by atoms with E-state index in [4.69, 9.17) is 4.74 Å². The zero-order valence-electron chi connectivity index (χ0n) is 12.1. The third-order valence-electron chi connectivity index (χ3n) is 4.11. The highest BCUT2D eigenvalue weighted by atomic mass is 19.1. The van der Waals surface area contributed by atoms with Crippen LogP contribution in [-0.4, -0.2) is 18.1 Å². The fourth-order valence-electron chi connectivity index (χ4n) is 2.94. The molecule has 3 nitrogen and oxygen atoms in total. The predicted molar refractivity (Wildman–Crippen MR) is 77.0 cm³/mol. The molecule has 1 N–H and O–H groups in total. The van der Waals surface area contributed by atoms with E-state index in [2.05, 4.69) is 12.2 Å². The summed E-state index contributed by atoms with van der Waals surface area (Å²) in [6.45, 7) is 4.26. The van der Waals surface area contributed by atoms with Gasteiger partial charge in [0.15, 0.2) is 0 Å². The summed E-state index contributed by atoms with van der Waals surface area (Å²) >= 11 is 0. The first-order valence-corrected chi connectivity index (χ1v) is 7.31. The Morgan fingerprint density at radius 1 is 1.45 bits per heavy atom. The molecule has 1 aliphatic carbocycles. The van der Waals surface area contributed by atoms with Gasteiger partial charge in [0, 0.05) is 0 Å². The average molecular weight is 279 g/mol. The number of benzene rings is 1. The number of nitrogens with one attached hydrogen (secondary N) is 1. The van der Waals surface area contributed by atoms with Gasteiger partial charge in [-0.25, -0.2) is 9.18 Å². The van der Waals surface area contributed by atoms with Gasteiger partial charge in [0.1, 0.15) is 11.4 Å². The van der Waals surface area contributed by atoms with Crippen LogP contribution in [-0.2, 0) is 9.53 Å². The van der Waals surface area contributed by atoms with Gasteiger partial charge in [0.05, 0.1) is 12.3 Å². The second-order valence-corrected chi connectivity index (χ2v) is 5.42. The Bertz CT molecular complexity index is 477. The maximum Gasteiger partial charge on any atom is 0.331 e. The molecular weight excluding hydrogens is 257 g/mol. The molecule has 0 aromatic heterocycles. The van der Waals surface area contributed by atoms with Gasteiger partial charge in [-0.1, -0.05) is 25.5 Å². The molecule has 20 heavy (non-hydrogen) atoms. The Morgan fingerprint density at radius 3 is 2.80 bits per heavy atom. The smallest absolute Gasteiger partial charge is 0.331 e. The van der Waals surface area contributed by atoms with E-state index >= 15 is 0 Å². The van der Waals surface area contributed by atoms with Gasteiger partial charge in [0.2, 0.25) is 0 Å². The Labute approximate surface area is 119 Å². The first-order chi connectivity index (χ1) is 9.61. The molecule has 2 atom stereocenters. The summed E-state index contributed by atoms with van der Waals surface area (Å²) in [5.74, 6) is -0.117. The zero-order chi connectivity index (χ0) is 14.6. The normalized spacial score (nSPS) is 25.4. The summed E-state index contributed by atoms with van der Waals surface area (Å²) in [4.78, 5) is 12.3. The van der Waals surface area contributed by atoms with E-state index in [9.17, 15) is 9.18 Å². The summed E-state index contributed by atoms with van der Waals surface area (Å²) in [7, 11) is 0. The number of hydrogen-bond donors (Lipinski definition) is 1. The maximum atomic E-state index is 13.8. The molecule has 0 bridgehead atoms. The van der Waals surface area contributed by atoms with Crippen molar-refractivity contribution in [1.29, 1.82) is 0 Å². The lowest BCUT2D eigenvalue weighted by molar-refractivity contribution is -0.148. The molecule has 1 fully saturated rings. The number of hydrogen-bond acceptors (Lipinski definition) is 3. The van der Waals surface area contributed by atoms with Crippen LogP contribution in [0, 0.1) is 11.7 Å². The Kier molecular flexibility index (Phi) is 4.63. The molecule has 1 aliphatic rings. The second-order valence-electron chi connectivity index (χ2n) is 5.42. The van der Waals surface area contributed by atoms with Crippen molar-refractivity contribution in [1.82, 2.24) is 0 Å². The lowest BCUT2D eigenvalue weighted by Crippen LogP contribution is -2.45. The minimum absolute atomic E-state index is 0.265. The van der Waals surface area contributed by atoms with Gasteiger partial charge in [-0.05, 0) is 44.2 Å². The van der Waals surface area contributed by atoms with E-state index in [1.807, 2.05) is 0 Å². The van der Waals surface area contributed by atoms with Gasteiger partial charge >= 0.3 is 5.97 Å². The topological polar surface area (TPSA) is 38.3 Å². The monoisotopic (exact) mass is 279 g/mol. The molecule has 0 spiro atoms. The van der Waals surface area contributed by atoms with Crippen molar-refractivity contribution in [2.75, 3.05) is 11.9 Å². The minimum Gasteiger partial charge on any atom is -0.464 e. The molecule has 110 valence electrons. The highest BCUT2D eigenvalue weighted by Crippen LogP contribution is 2.40. The minimum atomic E-state index is -0.779. The lowest BCUT2D eigenvalue weighted by atomic mass is 9.94. The predicted octanol–water partition coefficient (Wildman–Crippen LogP) is 3.75. The van der Waals surface area contributed by atoms with E-state index in [-0.39, 0.29) is 11.8 Å². The number of esters is 1. The number of halogens is 1. The van der Waals surface area contributed by atoms with Crippen LogP contribution < -0.4 is 5.32 Å². The third kappa shape index (κ3) is 2.94. The van der Waals surface area contributed by atoms with Crippen LogP contribution in [0.4, 0.5) is 10.1 Å². The van der Waals surface area contributed by atoms with Crippen molar-refractivity contribution in [2.45, 2.75) is 45.1 Å². The van der Waals surface area contributed by atoms with Crippen LogP contribution in [0.25, 0.3) is 0 Å². The van der Waals surface area contributed by atoms with E-state index in [1.165, 1.54) is 6.07 Å². The summed E-state index contributed by atoms with van der Waals surface area (Å²) in [5.41, 5.74) is -0.406. The van der Waals surface area contributed by atoms with E-state index in [1.54, 1.807) is 25.1 Å². The van der Waals surface area contributed by atoms with Crippen LogP contribution in [0.1, 0.15) is 39.5 Å². The first kappa shape index (κ1) is 14.8. The number of anilines is 1. The zero-order valence-corrected chi connectivity index (χ0v) is 12.1. The van der Waals surface area contributed by atoms with E-state index < -0.39 is 5.54 Å². The largest absolute Gasteiger partial charge is 0.464 e. The van der Waals surface area contributed by atoms with Crippen molar-refractivity contribution in [3.8, 4) is 0 Å². The fourth-order valence-corrected chi connectivity index (χ4v) is 2.94. The number of ether oxygens (including phenoxy) is 1. The van der Waals surface area contributed by atoms with Gasteiger partial charge < -0.3 is 10.1 Å². The Morgan fingerprint density at radius 2 is 2.20 bits per heavy atom. The Balaban J connectivity index is 2.24. The highest BCUT2D eigenvalue weighted by Gasteiger charge is 2.46. The van der Waals surface area contributed by atoms with Crippen molar-refractivity contribution in [2.24, 2.45) is 5.92 Å². The van der Waals surface area contributed by atoms with Crippen molar-refractivity contribution in [3.63, 3.8) is 0 Å². The summed E-state index contributed by atoms with van der Waals surface area (Å²) in [5, 5.41) is 3.12. The summed E-state index contributed by atoms with van der Waals surface area (Å²) in [6.07, 6.45) is 3.40. The molecule has 0 radical (unpaired) electrons. The lowest BCUT2D eigenvalue weighted by Gasteiger charge is -2.29. The van der Waals surface area contributed by atoms with Gasteiger partial charge in [0.25, 0.3) is 0 Å². The highest BCUT2D eigenvalue weighted by molar-refractivity contribution is 5.85. The van der Waals surface area contributed by atoms with Gasteiger partial charge in [-0.3, -0.25) is 0 Å². The van der Waals surface area contributed by atoms with Gasteiger partial charge in [-0.2, -0.15) is 0 Å². The molecule has 2 rings (SSSR count). The SMILES string of the molecule is CCOC(=O)C1(Nc2ccccc2F)CCC(CC)C1. The average Bonchev–Trinajstić information content (AvgIpc) is 2.86. The molecule has 0 amide bonds. The van der Waals surface area contributed by atoms with Crippen molar-refractivity contribution >= 4 is 11.7 Å². The summed E-state index contributed by atoms with van der Waals surface area (Å²) < 4.78 is 19.0. The second kappa shape index (κ2) is 6.25.